The molecule has 4 aromatic rings. The molecule has 2 aromatic heterocycles. The molecule has 4 rings (SSSR count). The minimum atomic E-state index is -0.121. The van der Waals surface area contributed by atoms with Crippen LogP contribution in [0.4, 0.5) is 0 Å². The van der Waals surface area contributed by atoms with Crippen LogP contribution in [-0.2, 0) is 6.61 Å². The summed E-state index contributed by atoms with van der Waals surface area (Å²) in [5.74, 6) is 1.41. The highest BCUT2D eigenvalue weighted by atomic mass is 35.5. The number of allylic oxidation sites excluding steroid dienone is 1. The molecule has 0 saturated carbocycles. The number of carbonyl (C=O) groups excluding carboxylic acids is 1. The third-order valence-electron chi connectivity index (χ3n) is 4.31. The third kappa shape index (κ3) is 4.64. The number of furan rings is 1. The molecule has 0 aliphatic carbocycles. The number of aromatic nitrogens is 2. The SMILES string of the molecule is O=C(/C=C/c1ccc(COc2c(Cl)cccc2Cl)o1)c1ccc(-n2ccnc2)cc1. The van der Waals surface area contributed by atoms with Crippen LogP contribution in [0, 0.1) is 0 Å². The predicted molar refractivity (Wildman–Crippen MR) is 116 cm³/mol. The van der Waals surface area contributed by atoms with Crippen LogP contribution in [0.3, 0.4) is 0 Å². The third-order valence-corrected chi connectivity index (χ3v) is 4.91. The number of hydrogen-bond donors (Lipinski definition) is 0. The molecule has 0 radical (unpaired) electrons. The lowest BCUT2D eigenvalue weighted by molar-refractivity contribution is 0.104. The van der Waals surface area contributed by atoms with Gasteiger partial charge in [-0.1, -0.05) is 29.3 Å². The van der Waals surface area contributed by atoms with Gasteiger partial charge in [-0.3, -0.25) is 4.79 Å². The number of rotatable bonds is 7. The van der Waals surface area contributed by atoms with Crippen molar-refractivity contribution in [2.24, 2.45) is 0 Å². The molecule has 0 unspecified atom stereocenters. The number of ketones is 1. The molecular formula is C23H16Cl2N2O3. The fourth-order valence-electron chi connectivity index (χ4n) is 2.79. The summed E-state index contributed by atoms with van der Waals surface area (Å²) in [7, 11) is 0. The number of carbonyl (C=O) groups is 1. The molecule has 30 heavy (non-hydrogen) atoms. The van der Waals surface area contributed by atoms with Crippen molar-refractivity contribution >= 4 is 35.1 Å². The van der Waals surface area contributed by atoms with E-state index in [1.807, 2.05) is 22.9 Å². The molecule has 0 bridgehead atoms. The summed E-state index contributed by atoms with van der Waals surface area (Å²) >= 11 is 12.2. The Balaban J connectivity index is 1.37. The molecule has 7 heteroatoms. The van der Waals surface area contributed by atoms with Crippen LogP contribution in [0.25, 0.3) is 11.8 Å². The van der Waals surface area contributed by atoms with Crippen molar-refractivity contribution in [1.82, 2.24) is 9.55 Å². The summed E-state index contributed by atoms with van der Waals surface area (Å²) in [6.07, 6.45) is 8.34. The molecule has 2 aromatic carbocycles. The van der Waals surface area contributed by atoms with Gasteiger partial charge in [0.05, 0.1) is 16.4 Å². The van der Waals surface area contributed by atoms with Gasteiger partial charge < -0.3 is 13.7 Å². The molecule has 0 aliphatic rings. The van der Waals surface area contributed by atoms with E-state index in [0.29, 0.717) is 32.9 Å². The quantitative estimate of drug-likeness (QED) is 0.252. The molecular weight excluding hydrogens is 423 g/mol. The average Bonchev–Trinajstić information content (AvgIpc) is 3.44. The van der Waals surface area contributed by atoms with E-state index >= 15 is 0 Å². The Morgan fingerprint density at radius 2 is 1.83 bits per heavy atom. The Kier molecular flexibility index (Phi) is 6.02. The van der Waals surface area contributed by atoms with E-state index in [4.69, 9.17) is 32.4 Å². The average molecular weight is 439 g/mol. The summed E-state index contributed by atoms with van der Waals surface area (Å²) in [6.45, 7) is 0.168. The van der Waals surface area contributed by atoms with Gasteiger partial charge in [0.1, 0.15) is 18.1 Å². The number of hydrogen-bond acceptors (Lipinski definition) is 4. The summed E-state index contributed by atoms with van der Waals surface area (Å²) in [5.41, 5.74) is 1.51. The van der Waals surface area contributed by atoms with E-state index in [0.717, 1.165) is 5.69 Å². The van der Waals surface area contributed by atoms with Crippen LogP contribution in [0.5, 0.6) is 5.75 Å². The summed E-state index contributed by atoms with van der Waals surface area (Å²) in [4.78, 5) is 16.4. The molecule has 0 amide bonds. The van der Waals surface area contributed by atoms with E-state index < -0.39 is 0 Å². The largest absolute Gasteiger partial charge is 0.483 e. The smallest absolute Gasteiger partial charge is 0.185 e. The van der Waals surface area contributed by atoms with Gasteiger partial charge in [-0.2, -0.15) is 0 Å². The van der Waals surface area contributed by atoms with E-state index in [2.05, 4.69) is 4.98 Å². The van der Waals surface area contributed by atoms with Crippen LogP contribution in [0.2, 0.25) is 10.0 Å². The van der Waals surface area contributed by atoms with Gasteiger partial charge in [-0.25, -0.2) is 4.98 Å². The first-order chi connectivity index (χ1) is 14.6. The van der Waals surface area contributed by atoms with Crippen molar-refractivity contribution in [3.8, 4) is 11.4 Å². The van der Waals surface area contributed by atoms with Gasteiger partial charge in [0, 0.05) is 23.6 Å². The van der Waals surface area contributed by atoms with Crippen molar-refractivity contribution in [2.75, 3.05) is 0 Å². The first-order valence-electron chi connectivity index (χ1n) is 9.06. The van der Waals surface area contributed by atoms with Crippen molar-refractivity contribution in [3.63, 3.8) is 0 Å². The van der Waals surface area contributed by atoms with Crippen LogP contribution >= 0.6 is 23.2 Å². The highest BCUT2D eigenvalue weighted by Crippen LogP contribution is 2.33. The highest BCUT2D eigenvalue weighted by Gasteiger charge is 2.09. The normalized spacial score (nSPS) is 11.1. The lowest BCUT2D eigenvalue weighted by Crippen LogP contribution is -1.96. The maximum absolute atomic E-state index is 12.4. The Morgan fingerprint density at radius 3 is 2.53 bits per heavy atom. The fourth-order valence-corrected chi connectivity index (χ4v) is 3.30. The monoisotopic (exact) mass is 438 g/mol. The minimum absolute atomic E-state index is 0.121. The van der Waals surface area contributed by atoms with Crippen LogP contribution in [0.1, 0.15) is 21.9 Å². The predicted octanol–water partition coefficient (Wildman–Crippen LogP) is 6.25. The second kappa shape index (κ2) is 9.03. The Morgan fingerprint density at radius 1 is 1.07 bits per heavy atom. The fraction of sp³-hybridized carbons (Fsp3) is 0.0435. The lowest BCUT2D eigenvalue weighted by Gasteiger charge is -2.07. The van der Waals surface area contributed by atoms with Gasteiger partial charge in [-0.15, -0.1) is 0 Å². The number of halogens is 2. The van der Waals surface area contributed by atoms with Crippen LogP contribution < -0.4 is 4.74 Å². The zero-order valence-corrected chi connectivity index (χ0v) is 17.2. The maximum atomic E-state index is 12.4. The number of ether oxygens (including phenoxy) is 1. The number of nitrogens with zero attached hydrogens (tertiary/aromatic N) is 2. The van der Waals surface area contributed by atoms with E-state index in [9.17, 15) is 4.79 Å². The van der Waals surface area contributed by atoms with Crippen molar-refractivity contribution < 1.29 is 13.9 Å². The van der Waals surface area contributed by atoms with Crippen molar-refractivity contribution in [3.05, 3.63) is 107 Å². The highest BCUT2D eigenvalue weighted by molar-refractivity contribution is 6.37. The number of imidazole rings is 1. The number of benzene rings is 2. The molecule has 0 spiro atoms. The van der Waals surface area contributed by atoms with Gasteiger partial charge in [0.2, 0.25) is 0 Å². The molecule has 2 heterocycles. The van der Waals surface area contributed by atoms with Crippen LogP contribution in [0.15, 0.2) is 83.8 Å². The topological polar surface area (TPSA) is 57.3 Å². The van der Waals surface area contributed by atoms with E-state index in [1.54, 1.807) is 61.1 Å². The second-order valence-corrected chi connectivity index (χ2v) is 7.17. The minimum Gasteiger partial charge on any atom is -0.483 e. The van der Waals surface area contributed by atoms with E-state index in [1.165, 1.54) is 6.08 Å². The standard InChI is InChI=1S/C23H16Cl2N2O3/c24-20-2-1-3-21(25)23(20)29-14-19-9-8-18(30-19)10-11-22(28)16-4-6-17(7-5-16)27-13-12-26-15-27/h1-13,15H,14H2/b11-10+. The molecule has 0 atom stereocenters. The first-order valence-corrected chi connectivity index (χ1v) is 9.82. The van der Waals surface area contributed by atoms with E-state index in [-0.39, 0.29) is 12.4 Å². The molecule has 0 aliphatic heterocycles. The first kappa shape index (κ1) is 20.0. The van der Waals surface area contributed by atoms with Gasteiger partial charge in [0.25, 0.3) is 0 Å². The molecule has 150 valence electrons. The number of para-hydroxylation sites is 1. The molecule has 0 saturated heterocycles. The van der Waals surface area contributed by atoms with Gasteiger partial charge in [-0.05, 0) is 60.7 Å². The van der Waals surface area contributed by atoms with Gasteiger partial charge >= 0.3 is 0 Å². The maximum Gasteiger partial charge on any atom is 0.185 e. The van der Waals surface area contributed by atoms with Crippen molar-refractivity contribution in [2.45, 2.75) is 6.61 Å². The second-order valence-electron chi connectivity index (χ2n) is 6.36. The Labute approximate surface area is 183 Å². The lowest BCUT2D eigenvalue weighted by atomic mass is 10.1. The Bertz CT molecular complexity index is 1160. The molecule has 5 nitrogen and oxygen atoms in total. The van der Waals surface area contributed by atoms with Crippen molar-refractivity contribution in [1.29, 1.82) is 0 Å². The summed E-state index contributed by atoms with van der Waals surface area (Å²) < 4.78 is 13.2. The molecule has 0 N–H and O–H groups in total. The zero-order chi connectivity index (χ0) is 20.9. The summed E-state index contributed by atoms with van der Waals surface area (Å²) in [6, 6.07) is 16.0. The Hall–Kier alpha value is -3.28. The van der Waals surface area contributed by atoms with Crippen LogP contribution in [-0.4, -0.2) is 15.3 Å². The zero-order valence-electron chi connectivity index (χ0n) is 15.7. The summed E-state index contributed by atoms with van der Waals surface area (Å²) in [5, 5.41) is 0.859. The molecule has 0 fully saturated rings. The van der Waals surface area contributed by atoms with Gasteiger partial charge in [0.15, 0.2) is 11.5 Å².